The SMILES string of the molecule is CCc1noc(C)c1C(=O)N1CCN(Cc2ccccc2)CC1. The highest BCUT2D eigenvalue weighted by atomic mass is 16.5. The first kappa shape index (κ1) is 15.7. The van der Waals surface area contributed by atoms with Crippen LogP contribution in [0, 0.1) is 6.92 Å². The minimum Gasteiger partial charge on any atom is -0.361 e. The zero-order valence-corrected chi connectivity index (χ0v) is 13.8. The van der Waals surface area contributed by atoms with Gasteiger partial charge in [-0.1, -0.05) is 42.4 Å². The smallest absolute Gasteiger partial charge is 0.259 e. The summed E-state index contributed by atoms with van der Waals surface area (Å²) in [5, 5.41) is 3.99. The van der Waals surface area contributed by atoms with Crippen molar-refractivity contribution in [2.75, 3.05) is 26.2 Å². The van der Waals surface area contributed by atoms with E-state index in [2.05, 4.69) is 34.3 Å². The summed E-state index contributed by atoms with van der Waals surface area (Å²) < 4.78 is 5.19. The second kappa shape index (κ2) is 6.96. The number of aryl methyl sites for hydroxylation is 2. The van der Waals surface area contributed by atoms with Crippen molar-refractivity contribution in [1.29, 1.82) is 0 Å². The third-order valence-corrected chi connectivity index (χ3v) is 4.39. The second-order valence-electron chi connectivity index (χ2n) is 5.97. The number of nitrogens with zero attached hydrogens (tertiary/aromatic N) is 3. The summed E-state index contributed by atoms with van der Waals surface area (Å²) in [6, 6.07) is 10.5. The van der Waals surface area contributed by atoms with Crippen LogP contribution in [-0.2, 0) is 13.0 Å². The Hall–Kier alpha value is -2.14. The molecule has 5 heteroatoms. The quantitative estimate of drug-likeness (QED) is 0.870. The molecule has 122 valence electrons. The van der Waals surface area contributed by atoms with Gasteiger partial charge in [-0.3, -0.25) is 9.69 Å². The van der Waals surface area contributed by atoms with Gasteiger partial charge in [0.05, 0.1) is 5.69 Å². The van der Waals surface area contributed by atoms with Crippen LogP contribution in [-0.4, -0.2) is 47.0 Å². The van der Waals surface area contributed by atoms with E-state index in [0.29, 0.717) is 17.7 Å². The fourth-order valence-electron chi connectivity index (χ4n) is 3.04. The molecule has 0 radical (unpaired) electrons. The molecule has 0 saturated carbocycles. The van der Waals surface area contributed by atoms with Gasteiger partial charge in [0.15, 0.2) is 0 Å². The first-order valence-electron chi connectivity index (χ1n) is 8.19. The molecule has 0 spiro atoms. The zero-order chi connectivity index (χ0) is 16.2. The van der Waals surface area contributed by atoms with Gasteiger partial charge >= 0.3 is 0 Å². The number of hydrogen-bond donors (Lipinski definition) is 0. The highest BCUT2D eigenvalue weighted by molar-refractivity contribution is 5.96. The van der Waals surface area contributed by atoms with Crippen molar-refractivity contribution < 1.29 is 9.32 Å². The fourth-order valence-corrected chi connectivity index (χ4v) is 3.04. The molecule has 0 N–H and O–H groups in total. The minimum absolute atomic E-state index is 0.0555. The lowest BCUT2D eigenvalue weighted by Gasteiger charge is -2.34. The molecule has 1 aromatic heterocycles. The molecule has 3 rings (SSSR count). The van der Waals surface area contributed by atoms with Crippen molar-refractivity contribution in [3.63, 3.8) is 0 Å². The van der Waals surface area contributed by atoms with Crippen LogP contribution in [0.3, 0.4) is 0 Å². The summed E-state index contributed by atoms with van der Waals surface area (Å²) in [6.07, 6.45) is 0.715. The van der Waals surface area contributed by atoms with E-state index in [1.54, 1.807) is 0 Å². The van der Waals surface area contributed by atoms with Gasteiger partial charge in [-0.15, -0.1) is 0 Å². The Kier molecular flexibility index (Phi) is 4.76. The summed E-state index contributed by atoms with van der Waals surface area (Å²) in [7, 11) is 0. The van der Waals surface area contributed by atoms with Crippen molar-refractivity contribution in [2.45, 2.75) is 26.8 Å². The summed E-state index contributed by atoms with van der Waals surface area (Å²) in [4.78, 5) is 17.0. The predicted octanol–water partition coefficient (Wildman–Crippen LogP) is 2.50. The van der Waals surface area contributed by atoms with Crippen LogP contribution in [0.1, 0.15) is 34.3 Å². The Bertz CT molecular complexity index is 658. The number of rotatable bonds is 4. The highest BCUT2D eigenvalue weighted by Crippen LogP contribution is 2.18. The van der Waals surface area contributed by atoms with Crippen molar-refractivity contribution in [3.8, 4) is 0 Å². The molecule has 0 bridgehead atoms. The van der Waals surface area contributed by atoms with E-state index in [1.165, 1.54) is 5.56 Å². The number of amides is 1. The third-order valence-electron chi connectivity index (χ3n) is 4.39. The molecule has 23 heavy (non-hydrogen) atoms. The third kappa shape index (κ3) is 3.45. The predicted molar refractivity (Wildman–Crippen MR) is 88.2 cm³/mol. The number of aromatic nitrogens is 1. The van der Waals surface area contributed by atoms with Crippen LogP contribution in [0.4, 0.5) is 0 Å². The van der Waals surface area contributed by atoms with Gasteiger partial charge in [-0.05, 0) is 18.9 Å². The average Bonchev–Trinajstić information content (AvgIpc) is 2.96. The Morgan fingerprint density at radius 1 is 1.17 bits per heavy atom. The summed E-state index contributed by atoms with van der Waals surface area (Å²) in [6.45, 7) is 8.03. The standard InChI is InChI=1S/C18H23N3O2/c1-3-16-17(14(2)23-19-16)18(22)21-11-9-20(10-12-21)13-15-7-5-4-6-8-15/h4-8H,3,9-13H2,1-2H3. The lowest BCUT2D eigenvalue weighted by Crippen LogP contribution is -2.48. The first-order valence-corrected chi connectivity index (χ1v) is 8.19. The molecule has 0 unspecified atom stereocenters. The Labute approximate surface area is 136 Å². The Morgan fingerprint density at radius 2 is 1.87 bits per heavy atom. The van der Waals surface area contributed by atoms with Crippen LogP contribution >= 0.6 is 0 Å². The van der Waals surface area contributed by atoms with E-state index in [1.807, 2.05) is 24.8 Å². The normalized spacial score (nSPS) is 15.8. The van der Waals surface area contributed by atoms with Gasteiger partial charge in [0.1, 0.15) is 11.3 Å². The molecule has 1 fully saturated rings. The van der Waals surface area contributed by atoms with Crippen molar-refractivity contribution in [3.05, 3.63) is 52.9 Å². The van der Waals surface area contributed by atoms with Gasteiger partial charge in [0.2, 0.25) is 0 Å². The first-order chi connectivity index (χ1) is 11.2. The summed E-state index contributed by atoms with van der Waals surface area (Å²) in [5.41, 5.74) is 2.73. The van der Waals surface area contributed by atoms with Crippen LogP contribution < -0.4 is 0 Å². The van der Waals surface area contributed by atoms with Crippen LogP contribution in [0.25, 0.3) is 0 Å². The number of piperazine rings is 1. The minimum atomic E-state index is 0.0555. The van der Waals surface area contributed by atoms with E-state index in [0.717, 1.165) is 38.4 Å². The van der Waals surface area contributed by atoms with Crippen LogP contribution in [0.15, 0.2) is 34.9 Å². The molecule has 1 aliphatic heterocycles. The van der Waals surface area contributed by atoms with E-state index in [9.17, 15) is 4.79 Å². The molecule has 1 saturated heterocycles. The molecule has 1 amide bonds. The van der Waals surface area contributed by atoms with Gasteiger partial charge in [-0.2, -0.15) is 0 Å². The van der Waals surface area contributed by atoms with Crippen molar-refractivity contribution in [1.82, 2.24) is 15.0 Å². The van der Waals surface area contributed by atoms with Gasteiger partial charge < -0.3 is 9.42 Å². The highest BCUT2D eigenvalue weighted by Gasteiger charge is 2.27. The number of hydrogen-bond acceptors (Lipinski definition) is 4. The molecule has 0 aliphatic carbocycles. The molecule has 0 atom stereocenters. The number of carbonyl (C=O) groups is 1. The molecular formula is C18H23N3O2. The summed E-state index contributed by atoms with van der Waals surface area (Å²) in [5.74, 6) is 0.679. The van der Waals surface area contributed by atoms with Crippen LogP contribution in [0.2, 0.25) is 0 Å². The molecule has 2 aromatic rings. The molecular weight excluding hydrogens is 290 g/mol. The second-order valence-corrected chi connectivity index (χ2v) is 5.97. The topological polar surface area (TPSA) is 49.6 Å². The van der Waals surface area contributed by atoms with E-state index in [4.69, 9.17) is 4.52 Å². The van der Waals surface area contributed by atoms with Crippen molar-refractivity contribution >= 4 is 5.91 Å². The zero-order valence-electron chi connectivity index (χ0n) is 13.8. The molecule has 2 heterocycles. The van der Waals surface area contributed by atoms with Crippen molar-refractivity contribution in [2.24, 2.45) is 0 Å². The molecule has 5 nitrogen and oxygen atoms in total. The van der Waals surface area contributed by atoms with Gasteiger partial charge in [0.25, 0.3) is 5.91 Å². The van der Waals surface area contributed by atoms with E-state index >= 15 is 0 Å². The molecule has 1 aliphatic rings. The van der Waals surface area contributed by atoms with E-state index < -0.39 is 0 Å². The maximum absolute atomic E-state index is 12.7. The van der Waals surface area contributed by atoms with E-state index in [-0.39, 0.29) is 5.91 Å². The van der Waals surface area contributed by atoms with Gasteiger partial charge in [-0.25, -0.2) is 0 Å². The van der Waals surface area contributed by atoms with Crippen LogP contribution in [0.5, 0.6) is 0 Å². The maximum atomic E-state index is 12.7. The Morgan fingerprint density at radius 3 is 2.52 bits per heavy atom. The number of benzene rings is 1. The van der Waals surface area contributed by atoms with Gasteiger partial charge in [0, 0.05) is 32.7 Å². The summed E-state index contributed by atoms with van der Waals surface area (Å²) >= 11 is 0. The fraction of sp³-hybridized carbons (Fsp3) is 0.444. The largest absolute Gasteiger partial charge is 0.361 e. The average molecular weight is 313 g/mol. The lowest BCUT2D eigenvalue weighted by atomic mass is 10.1. The molecule has 1 aromatic carbocycles. The monoisotopic (exact) mass is 313 g/mol. The Balaban J connectivity index is 1.60. The lowest BCUT2D eigenvalue weighted by molar-refractivity contribution is 0.0626. The maximum Gasteiger partial charge on any atom is 0.259 e. The number of carbonyl (C=O) groups excluding carboxylic acids is 1.